The lowest BCUT2D eigenvalue weighted by molar-refractivity contribution is 0.629. The third kappa shape index (κ3) is 4.33. The van der Waals surface area contributed by atoms with E-state index in [1.165, 1.54) is 17.4 Å². The quantitative estimate of drug-likeness (QED) is 0.489. The van der Waals surface area contributed by atoms with Gasteiger partial charge in [-0.2, -0.15) is 0 Å². The number of hydrogen-bond donors (Lipinski definition) is 1. The first-order valence-electron chi connectivity index (χ1n) is 9.08. The van der Waals surface area contributed by atoms with Crippen LogP contribution in [-0.4, -0.2) is 9.66 Å². The molecule has 6 heteroatoms. The van der Waals surface area contributed by atoms with Crippen molar-refractivity contribution in [3.63, 3.8) is 0 Å². The van der Waals surface area contributed by atoms with Crippen LogP contribution in [0.3, 0.4) is 0 Å². The van der Waals surface area contributed by atoms with Gasteiger partial charge in [-0.15, -0.1) is 11.3 Å². The van der Waals surface area contributed by atoms with Crippen LogP contribution in [0.1, 0.15) is 11.1 Å². The van der Waals surface area contributed by atoms with Gasteiger partial charge in [-0.1, -0.05) is 49.0 Å². The van der Waals surface area contributed by atoms with Crippen molar-refractivity contribution >= 4 is 17.0 Å². The van der Waals surface area contributed by atoms with Crippen LogP contribution < -0.4 is 10.2 Å². The fourth-order valence-electron chi connectivity index (χ4n) is 2.88. The van der Waals surface area contributed by atoms with E-state index >= 15 is 0 Å². The Hall–Kier alpha value is -3.51. The smallest absolute Gasteiger partial charge is 0.204 e. The maximum atomic E-state index is 14.5. The molecule has 0 unspecified atom stereocenters. The monoisotopic (exact) mass is 402 g/mol. The van der Waals surface area contributed by atoms with Crippen molar-refractivity contribution in [1.29, 1.82) is 0 Å². The van der Waals surface area contributed by atoms with Crippen LogP contribution in [0.25, 0.3) is 17.0 Å². The predicted octanol–water partition coefficient (Wildman–Crippen LogP) is 5.07. The molecule has 144 valence electrons. The van der Waals surface area contributed by atoms with E-state index in [-0.39, 0.29) is 5.82 Å². The summed E-state index contributed by atoms with van der Waals surface area (Å²) in [7, 11) is 0. The third-order valence-corrected chi connectivity index (χ3v) is 5.24. The Morgan fingerprint density at radius 2 is 1.76 bits per heavy atom. The second-order valence-electron chi connectivity index (χ2n) is 6.35. The van der Waals surface area contributed by atoms with E-state index < -0.39 is 0 Å². The molecule has 0 aliphatic carbocycles. The van der Waals surface area contributed by atoms with Crippen molar-refractivity contribution in [3.8, 4) is 11.3 Å². The maximum absolute atomic E-state index is 14.5. The highest BCUT2D eigenvalue weighted by molar-refractivity contribution is 7.07. The molecule has 0 spiro atoms. The maximum Gasteiger partial charge on any atom is 0.204 e. The Labute approximate surface area is 172 Å². The van der Waals surface area contributed by atoms with E-state index in [0.717, 1.165) is 15.9 Å². The van der Waals surface area contributed by atoms with E-state index in [9.17, 15) is 4.39 Å². The minimum atomic E-state index is -0.287. The van der Waals surface area contributed by atoms with Crippen molar-refractivity contribution in [3.05, 3.63) is 113 Å². The lowest BCUT2D eigenvalue weighted by Crippen LogP contribution is -2.25. The van der Waals surface area contributed by atoms with Gasteiger partial charge in [0.2, 0.25) is 4.80 Å². The first kappa shape index (κ1) is 18.8. The number of nitrogens with zero attached hydrogens (tertiary/aromatic N) is 3. The van der Waals surface area contributed by atoms with Gasteiger partial charge in [0.25, 0.3) is 0 Å². The fraction of sp³-hybridized carbons (Fsp3) is 0.0435. The molecule has 0 aliphatic heterocycles. The number of pyridine rings is 1. The van der Waals surface area contributed by atoms with E-state index in [1.54, 1.807) is 29.2 Å². The minimum absolute atomic E-state index is 0.287. The van der Waals surface area contributed by atoms with Crippen LogP contribution in [0, 0.1) is 5.82 Å². The van der Waals surface area contributed by atoms with E-state index in [4.69, 9.17) is 4.99 Å². The Kier molecular flexibility index (Phi) is 5.63. The molecule has 0 fully saturated rings. The highest BCUT2D eigenvalue weighted by Gasteiger charge is 2.13. The van der Waals surface area contributed by atoms with Crippen LogP contribution in [0.15, 0.2) is 96.1 Å². The Morgan fingerprint density at radius 1 is 1.03 bits per heavy atom. The zero-order valence-electron chi connectivity index (χ0n) is 15.6. The summed E-state index contributed by atoms with van der Waals surface area (Å²) in [5.41, 5.74) is 7.14. The topological polar surface area (TPSA) is 42.2 Å². The second kappa shape index (κ2) is 8.67. The molecule has 0 bridgehead atoms. The van der Waals surface area contributed by atoms with Gasteiger partial charge in [-0.05, 0) is 29.8 Å². The summed E-state index contributed by atoms with van der Waals surface area (Å²) in [4.78, 5) is 9.51. The highest BCUT2D eigenvalue weighted by atomic mass is 32.1. The lowest BCUT2D eigenvalue weighted by Gasteiger charge is -2.14. The van der Waals surface area contributed by atoms with Gasteiger partial charge in [0, 0.05) is 28.9 Å². The summed E-state index contributed by atoms with van der Waals surface area (Å²) in [5.74, 6) is -0.287. The van der Waals surface area contributed by atoms with Crippen LogP contribution in [0.2, 0.25) is 0 Å². The number of rotatable bonds is 6. The number of benzene rings is 2. The van der Waals surface area contributed by atoms with E-state index in [2.05, 4.69) is 17.0 Å². The molecule has 0 saturated carbocycles. The highest BCUT2D eigenvalue weighted by Crippen LogP contribution is 2.23. The summed E-state index contributed by atoms with van der Waals surface area (Å²) in [5, 5.41) is 1.90. The molecule has 0 atom stereocenters. The van der Waals surface area contributed by atoms with Crippen LogP contribution >= 0.6 is 11.3 Å². The van der Waals surface area contributed by atoms with Crippen molar-refractivity contribution in [2.24, 2.45) is 4.99 Å². The average molecular weight is 402 g/mol. The van der Waals surface area contributed by atoms with Gasteiger partial charge in [-0.3, -0.25) is 15.4 Å². The third-order valence-electron chi connectivity index (χ3n) is 4.37. The summed E-state index contributed by atoms with van der Waals surface area (Å²) in [6, 6.07) is 20.5. The molecule has 1 N–H and O–H groups in total. The van der Waals surface area contributed by atoms with Gasteiger partial charge in [0.15, 0.2) is 0 Å². The first-order valence-corrected chi connectivity index (χ1v) is 9.96. The molecule has 4 nitrogen and oxygen atoms in total. The molecule has 0 saturated heterocycles. The standard InChI is InChI=1S/C23H19FN4S/c1-17(19-11-13-25-14-12-19)27-28-22(20-9-5-6-10-21(20)24)16-29-23(28)26-15-18-7-3-2-4-8-18/h2-14,16,27H,1,15H2. The number of halogens is 1. The predicted molar refractivity (Wildman–Crippen MR) is 116 cm³/mol. The Bertz CT molecular complexity index is 1180. The lowest BCUT2D eigenvalue weighted by atomic mass is 10.1. The zero-order valence-corrected chi connectivity index (χ0v) is 16.4. The van der Waals surface area contributed by atoms with Crippen molar-refractivity contribution < 1.29 is 4.39 Å². The van der Waals surface area contributed by atoms with Crippen LogP contribution in [0.5, 0.6) is 0 Å². The van der Waals surface area contributed by atoms with E-state index in [0.29, 0.717) is 23.5 Å². The van der Waals surface area contributed by atoms with E-state index in [1.807, 2.05) is 53.9 Å². The largest absolute Gasteiger partial charge is 0.292 e. The Balaban J connectivity index is 1.75. The average Bonchev–Trinajstić information content (AvgIpc) is 3.16. The molecule has 0 radical (unpaired) electrons. The molecular formula is C23H19FN4S. The molecule has 0 amide bonds. The fourth-order valence-corrected chi connectivity index (χ4v) is 3.72. The summed E-state index contributed by atoms with van der Waals surface area (Å²) in [6.45, 7) is 4.66. The molecule has 4 aromatic rings. The van der Waals surface area contributed by atoms with Crippen molar-refractivity contribution in [2.45, 2.75) is 6.54 Å². The molecule has 29 heavy (non-hydrogen) atoms. The molecule has 4 rings (SSSR count). The number of aromatic nitrogens is 2. The van der Waals surface area contributed by atoms with Gasteiger partial charge >= 0.3 is 0 Å². The number of nitrogens with one attached hydrogen (secondary N) is 1. The normalized spacial score (nSPS) is 11.4. The SMILES string of the molecule is C=C(Nn1c(-c2ccccc2F)csc1=NCc1ccccc1)c1ccncc1. The molecule has 0 aliphatic rings. The molecular weight excluding hydrogens is 383 g/mol. The molecule has 2 aromatic carbocycles. The van der Waals surface area contributed by atoms with Gasteiger partial charge < -0.3 is 0 Å². The summed E-state index contributed by atoms with van der Waals surface area (Å²) in [6.07, 6.45) is 3.41. The Morgan fingerprint density at radius 3 is 2.52 bits per heavy atom. The second-order valence-corrected chi connectivity index (χ2v) is 7.18. The molecule has 2 aromatic heterocycles. The van der Waals surface area contributed by atoms with Crippen LogP contribution in [-0.2, 0) is 6.54 Å². The number of thiazole rings is 1. The van der Waals surface area contributed by atoms with Gasteiger partial charge in [0.1, 0.15) is 5.82 Å². The molecule has 2 heterocycles. The van der Waals surface area contributed by atoms with Crippen molar-refractivity contribution in [2.75, 3.05) is 5.43 Å². The summed E-state index contributed by atoms with van der Waals surface area (Å²) >= 11 is 1.45. The van der Waals surface area contributed by atoms with Gasteiger partial charge in [-0.25, -0.2) is 9.07 Å². The van der Waals surface area contributed by atoms with Crippen molar-refractivity contribution in [1.82, 2.24) is 9.66 Å². The van der Waals surface area contributed by atoms with Crippen LogP contribution in [0.4, 0.5) is 4.39 Å². The first-order chi connectivity index (χ1) is 14.2. The summed E-state index contributed by atoms with van der Waals surface area (Å²) < 4.78 is 16.3. The number of hydrogen-bond acceptors (Lipinski definition) is 4. The van der Waals surface area contributed by atoms with Gasteiger partial charge in [0.05, 0.1) is 17.9 Å². The minimum Gasteiger partial charge on any atom is -0.292 e. The zero-order chi connectivity index (χ0) is 20.1.